The number of ether oxygens (including phenoxy) is 2. The van der Waals surface area contributed by atoms with Crippen molar-refractivity contribution < 1.29 is 14.3 Å². The lowest BCUT2D eigenvalue weighted by molar-refractivity contribution is -0.120. The second kappa shape index (κ2) is 7.93. The van der Waals surface area contributed by atoms with E-state index in [1.54, 1.807) is 7.11 Å². The van der Waals surface area contributed by atoms with Crippen LogP contribution in [0.5, 0.6) is 11.5 Å². The zero-order valence-corrected chi connectivity index (χ0v) is 14.3. The first kappa shape index (κ1) is 17.2. The van der Waals surface area contributed by atoms with Gasteiger partial charge in [0.05, 0.1) is 30.4 Å². The van der Waals surface area contributed by atoms with Crippen molar-refractivity contribution >= 4 is 17.7 Å². The number of nitriles is 1. The first-order chi connectivity index (χ1) is 11.1. The topological polar surface area (TPSA) is 71.3 Å². The third-order valence-electron chi connectivity index (χ3n) is 3.53. The van der Waals surface area contributed by atoms with Gasteiger partial charge in [0.15, 0.2) is 11.5 Å². The predicted molar refractivity (Wildman–Crippen MR) is 90.4 cm³/mol. The second-order valence-electron chi connectivity index (χ2n) is 4.94. The van der Waals surface area contributed by atoms with Crippen LogP contribution in [0.1, 0.15) is 31.7 Å². The zero-order valence-electron chi connectivity index (χ0n) is 13.5. The fraction of sp³-hybridized carbons (Fsp3) is 0.412. The summed E-state index contributed by atoms with van der Waals surface area (Å²) in [7, 11) is 1.58. The van der Waals surface area contributed by atoms with Crippen molar-refractivity contribution in [2.24, 2.45) is 0 Å². The van der Waals surface area contributed by atoms with Crippen molar-refractivity contribution in [2.75, 3.05) is 19.5 Å². The van der Waals surface area contributed by atoms with Gasteiger partial charge in [-0.25, -0.2) is 0 Å². The largest absolute Gasteiger partial charge is 0.493 e. The molecule has 1 aromatic carbocycles. The molecular weight excluding hydrogens is 312 g/mol. The molecular formula is C17H20N2O3S. The molecule has 0 aromatic heterocycles. The Hall–Kier alpha value is -2.13. The van der Waals surface area contributed by atoms with Crippen LogP contribution in [-0.4, -0.2) is 25.4 Å². The summed E-state index contributed by atoms with van der Waals surface area (Å²) in [4.78, 5) is 12.0. The van der Waals surface area contributed by atoms with Crippen molar-refractivity contribution in [3.63, 3.8) is 0 Å². The normalized spacial score (nSPS) is 17.5. The molecule has 0 spiro atoms. The van der Waals surface area contributed by atoms with Gasteiger partial charge in [-0.05, 0) is 30.4 Å². The maximum atomic E-state index is 12.0. The summed E-state index contributed by atoms with van der Waals surface area (Å²) in [5.74, 6) is 1.73. The van der Waals surface area contributed by atoms with Crippen LogP contribution in [0.15, 0.2) is 28.8 Å². The van der Waals surface area contributed by atoms with E-state index in [1.807, 2.05) is 32.0 Å². The molecule has 0 radical (unpaired) electrons. The molecule has 0 saturated carbocycles. The van der Waals surface area contributed by atoms with Gasteiger partial charge in [-0.2, -0.15) is 5.26 Å². The van der Waals surface area contributed by atoms with E-state index in [4.69, 9.17) is 9.47 Å². The van der Waals surface area contributed by atoms with Gasteiger partial charge in [0.1, 0.15) is 0 Å². The highest BCUT2D eigenvalue weighted by Crippen LogP contribution is 2.39. The van der Waals surface area contributed by atoms with Crippen molar-refractivity contribution in [1.29, 1.82) is 5.26 Å². The Morgan fingerprint density at radius 2 is 2.17 bits per heavy atom. The van der Waals surface area contributed by atoms with Gasteiger partial charge in [0.25, 0.3) is 0 Å². The van der Waals surface area contributed by atoms with Gasteiger partial charge in [0.2, 0.25) is 5.91 Å². The van der Waals surface area contributed by atoms with Crippen molar-refractivity contribution in [1.82, 2.24) is 5.32 Å². The van der Waals surface area contributed by atoms with Crippen LogP contribution < -0.4 is 14.8 Å². The lowest BCUT2D eigenvalue weighted by Gasteiger charge is -2.25. The maximum Gasteiger partial charge on any atom is 0.225 e. The third kappa shape index (κ3) is 3.80. The number of nitrogens with one attached hydrogen (secondary N) is 1. The summed E-state index contributed by atoms with van der Waals surface area (Å²) in [6, 6.07) is 7.82. The van der Waals surface area contributed by atoms with E-state index in [0.29, 0.717) is 28.7 Å². The standard InChI is InChI=1S/C17H20N2O3S/c1-4-22-14-7-6-11(8-15(14)21-3)12-9-16(20)19-17(23-5-2)13(12)10-18/h6-8,12H,4-5,9H2,1-3H3,(H,19,20). The molecule has 23 heavy (non-hydrogen) atoms. The Labute approximate surface area is 140 Å². The molecule has 1 heterocycles. The Bertz CT molecular complexity index is 664. The predicted octanol–water partition coefficient (Wildman–Crippen LogP) is 3.19. The summed E-state index contributed by atoms with van der Waals surface area (Å²) in [5, 5.41) is 13.0. The number of hydrogen-bond donors (Lipinski definition) is 1. The van der Waals surface area contributed by atoms with Gasteiger partial charge in [-0.3, -0.25) is 4.79 Å². The van der Waals surface area contributed by atoms with Gasteiger partial charge < -0.3 is 14.8 Å². The van der Waals surface area contributed by atoms with Crippen LogP contribution >= 0.6 is 11.8 Å². The number of thioether (sulfide) groups is 1. The van der Waals surface area contributed by atoms with E-state index in [9.17, 15) is 10.1 Å². The minimum atomic E-state index is -0.257. The molecule has 6 heteroatoms. The van der Waals surface area contributed by atoms with Crippen LogP contribution in [-0.2, 0) is 4.79 Å². The first-order valence-electron chi connectivity index (χ1n) is 7.52. The Morgan fingerprint density at radius 3 is 2.78 bits per heavy atom. The lowest BCUT2D eigenvalue weighted by atomic mass is 9.87. The first-order valence-corrected chi connectivity index (χ1v) is 8.50. The Morgan fingerprint density at radius 1 is 1.39 bits per heavy atom. The van der Waals surface area contributed by atoms with E-state index >= 15 is 0 Å². The van der Waals surface area contributed by atoms with Crippen molar-refractivity contribution in [2.45, 2.75) is 26.2 Å². The molecule has 1 atom stereocenters. The summed E-state index contributed by atoms with van der Waals surface area (Å²) < 4.78 is 10.9. The number of carbonyl (C=O) groups is 1. The van der Waals surface area contributed by atoms with Crippen LogP contribution in [0, 0.1) is 11.3 Å². The van der Waals surface area contributed by atoms with Crippen LogP contribution in [0.2, 0.25) is 0 Å². The molecule has 2 rings (SSSR count). The third-order valence-corrected chi connectivity index (χ3v) is 4.43. The summed E-state index contributed by atoms with van der Waals surface area (Å²) in [5.41, 5.74) is 1.48. The molecule has 1 unspecified atom stereocenters. The molecule has 1 aliphatic heterocycles. The molecule has 0 aliphatic carbocycles. The van der Waals surface area contributed by atoms with E-state index < -0.39 is 0 Å². The maximum absolute atomic E-state index is 12.0. The quantitative estimate of drug-likeness (QED) is 0.866. The van der Waals surface area contributed by atoms with E-state index in [-0.39, 0.29) is 18.2 Å². The number of hydrogen-bond acceptors (Lipinski definition) is 5. The molecule has 1 aliphatic rings. The summed E-state index contributed by atoms with van der Waals surface area (Å²) >= 11 is 1.48. The molecule has 1 aromatic rings. The average Bonchev–Trinajstić information content (AvgIpc) is 2.55. The van der Waals surface area contributed by atoms with E-state index in [0.717, 1.165) is 11.3 Å². The number of amides is 1. The Kier molecular flexibility index (Phi) is 5.94. The fourth-order valence-electron chi connectivity index (χ4n) is 2.54. The SMILES string of the molecule is CCOc1ccc(C2CC(=O)NC(SCC)=C2C#N)cc1OC. The van der Waals surface area contributed by atoms with Crippen LogP contribution in [0.4, 0.5) is 0 Å². The van der Waals surface area contributed by atoms with Crippen LogP contribution in [0.25, 0.3) is 0 Å². The molecule has 0 fully saturated rings. The van der Waals surface area contributed by atoms with Crippen molar-refractivity contribution in [3.05, 3.63) is 34.4 Å². The number of nitrogens with zero attached hydrogens (tertiary/aromatic N) is 1. The minimum absolute atomic E-state index is 0.0715. The second-order valence-corrected chi connectivity index (χ2v) is 6.21. The highest BCUT2D eigenvalue weighted by Gasteiger charge is 2.29. The number of rotatable bonds is 6. The van der Waals surface area contributed by atoms with E-state index in [1.165, 1.54) is 11.8 Å². The molecule has 0 saturated heterocycles. The van der Waals surface area contributed by atoms with Gasteiger partial charge in [-0.1, -0.05) is 13.0 Å². The number of benzene rings is 1. The minimum Gasteiger partial charge on any atom is -0.493 e. The van der Waals surface area contributed by atoms with Crippen molar-refractivity contribution in [3.8, 4) is 17.6 Å². The lowest BCUT2D eigenvalue weighted by Crippen LogP contribution is -2.30. The van der Waals surface area contributed by atoms with Crippen LogP contribution in [0.3, 0.4) is 0 Å². The summed E-state index contributed by atoms with van der Waals surface area (Å²) in [6.07, 6.45) is 0.258. The fourth-order valence-corrected chi connectivity index (χ4v) is 3.36. The van der Waals surface area contributed by atoms with Gasteiger partial charge >= 0.3 is 0 Å². The van der Waals surface area contributed by atoms with Gasteiger partial charge in [-0.15, -0.1) is 11.8 Å². The molecule has 5 nitrogen and oxygen atoms in total. The molecule has 1 amide bonds. The Balaban J connectivity index is 2.44. The summed E-state index contributed by atoms with van der Waals surface area (Å²) in [6.45, 7) is 4.44. The smallest absolute Gasteiger partial charge is 0.225 e. The monoisotopic (exact) mass is 332 g/mol. The molecule has 1 N–H and O–H groups in total. The average molecular weight is 332 g/mol. The highest BCUT2D eigenvalue weighted by atomic mass is 32.2. The molecule has 122 valence electrons. The number of methoxy groups -OCH3 is 1. The van der Waals surface area contributed by atoms with Gasteiger partial charge in [0, 0.05) is 12.3 Å². The number of allylic oxidation sites excluding steroid dienone is 1. The van der Waals surface area contributed by atoms with E-state index in [2.05, 4.69) is 11.4 Å². The highest BCUT2D eigenvalue weighted by molar-refractivity contribution is 8.03. The molecule has 0 bridgehead atoms. The number of carbonyl (C=O) groups excluding carboxylic acids is 1. The zero-order chi connectivity index (χ0) is 16.8.